The largest absolute Gasteiger partial charge is 0.324 e. The van der Waals surface area contributed by atoms with Gasteiger partial charge in [-0.3, -0.25) is 0 Å². The molecule has 82 valence electrons. The second-order valence-electron chi connectivity index (χ2n) is 3.33. The molecule has 1 aromatic heterocycles. The van der Waals surface area contributed by atoms with Crippen molar-refractivity contribution < 1.29 is 0 Å². The molecule has 1 heterocycles. The number of rotatable bonds is 2. The SMILES string of the molecule is Cc1ccc(Nc2nc(Cl)cc(Cl)n2)cc1. The van der Waals surface area contributed by atoms with Crippen molar-refractivity contribution in [1.29, 1.82) is 0 Å². The van der Waals surface area contributed by atoms with Gasteiger partial charge in [0.1, 0.15) is 10.3 Å². The lowest BCUT2D eigenvalue weighted by Gasteiger charge is -2.05. The molecule has 3 nitrogen and oxygen atoms in total. The molecule has 1 aromatic carbocycles. The standard InChI is InChI=1S/C11H9Cl2N3/c1-7-2-4-8(5-3-7)14-11-15-9(12)6-10(13)16-11/h2-6H,1H3,(H,14,15,16). The average Bonchev–Trinajstić information content (AvgIpc) is 2.20. The smallest absolute Gasteiger partial charge is 0.230 e. The third-order valence-corrected chi connectivity index (χ3v) is 2.36. The fourth-order valence-corrected chi connectivity index (χ4v) is 1.63. The minimum Gasteiger partial charge on any atom is -0.324 e. The third-order valence-electron chi connectivity index (χ3n) is 1.97. The molecule has 2 rings (SSSR count). The first-order chi connectivity index (χ1) is 7.63. The second kappa shape index (κ2) is 4.68. The van der Waals surface area contributed by atoms with Crippen LogP contribution >= 0.6 is 23.2 Å². The van der Waals surface area contributed by atoms with Gasteiger partial charge in [-0.2, -0.15) is 0 Å². The van der Waals surface area contributed by atoms with Crippen LogP contribution in [0.25, 0.3) is 0 Å². The number of aryl methyl sites for hydroxylation is 1. The van der Waals surface area contributed by atoms with Crippen LogP contribution in [-0.2, 0) is 0 Å². The fourth-order valence-electron chi connectivity index (χ4n) is 1.21. The number of halogens is 2. The lowest BCUT2D eigenvalue weighted by atomic mass is 10.2. The van der Waals surface area contributed by atoms with Gasteiger partial charge in [0.2, 0.25) is 5.95 Å². The molecule has 16 heavy (non-hydrogen) atoms. The van der Waals surface area contributed by atoms with Crippen molar-refractivity contribution >= 4 is 34.8 Å². The number of hydrogen-bond donors (Lipinski definition) is 1. The molecule has 0 unspecified atom stereocenters. The van der Waals surface area contributed by atoms with E-state index in [1.807, 2.05) is 31.2 Å². The van der Waals surface area contributed by atoms with Gasteiger partial charge in [0.15, 0.2) is 0 Å². The summed E-state index contributed by atoms with van der Waals surface area (Å²) in [6.45, 7) is 2.02. The Morgan fingerprint density at radius 2 is 1.56 bits per heavy atom. The van der Waals surface area contributed by atoms with Crippen LogP contribution in [0.1, 0.15) is 5.56 Å². The summed E-state index contributed by atoms with van der Waals surface area (Å²) >= 11 is 11.5. The molecule has 0 fully saturated rings. The molecule has 5 heteroatoms. The first kappa shape index (κ1) is 11.2. The van der Waals surface area contributed by atoms with Crippen molar-refractivity contribution in [3.05, 3.63) is 46.2 Å². The molecule has 0 bridgehead atoms. The molecule has 0 saturated heterocycles. The van der Waals surface area contributed by atoms with Crippen LogP contribution in [0.15, 0.2) is 30.3 Å². The van der Waals surface area contributed by atoms with E-state index in [1.165, 1.54) is 11.6 Å². The molecule has 0 atom stereocenters. The molecule has 0 aliphatic carbocycles. The van der Waals surface area contributed by atoms with E-state index in [9.17, 15) is 0 Å². The van der Waals surface area contributed by atoms with Crippen LogP contribution in [0.4, 0.5) is 11.6 Å². The van der Waals surface area contributed by atoms with Gasteiger partial charge in [0.05, 0.1) is 0 Å². The molecular formula is C11H9Cl2N3. The number of nitrogens with one attached hydrogen (secondary N) is 1. The van der Waals surface area contributed by atoms with E-state index in [0.29, 0.717) is 16.3 Å². The maximum absolute atomic E-state index is 5.77. The van der Waals surface area contributed by atoms with Gasteiger partial charge >= 0.3 is 0 Å². The van der Waals surface area contributed by atoms with Crippen molar-refractivity contribution in [3.63, 3.8) is 0 Å². The highest BCUT2D eigenvalue weighted by Gasteiger charge is 2.01. The zero-order valence-electron chi connectivity index (χ0n) is 8.54. The van der Waals surface area contributed by atoms with Gasteiger partial charge in [0, 0.05) is 11.8 Å². The van der Waals surface area contributed by atoms with Crippen LogP contribution in [-0.4, -0.2) is 9.97 Å². The molecule has 0 aliphatic heterocycles. The summed E-state index contributed by atoms with van der Waals surface area (Å²) in [5, 5.41) is 3.65. The summed E-state index contributed by atoms with van der Waals surface area (Å²) in [5.74, 6) is 0.390. The van der Waals surface area contributed by atoms with Crippen molar-refractivity contribution in [1.82, 2.24) is 9.97 Å². The Kier molecular flexibility index (Phi) is 3.27. The number of benzene rings is 1. The lowest BCUT2D eigenvalue weighted by molar-refractivity contribution is 1.17. The zero-order chi connectivity index (χ0) is 11.5. The Labute approximate surface area is 103 Å². The van der Waals surface area contributed by atoms with Crippen molar-refractivity contribution in [2.45, 2.75) is 6.92 Å². The topological polar surface area (TPSA) is 37.8 Å². The van der Waals surface area contributed by atoms with Gasteiger partial charge < -0.3 is 5.32 Å². The van der Waals surface area contributed by atoms with Crippen LogP contribution in [0.3, 0.4) is 0 Å². The highest BCUT2D eigenvalue weighted by atomic mass is 35.5. The van der Waals surface area contributed by atoms with Crippen molar-refractivity contribution in [2.75, 3.05) is 5.32 Å². The lowest BCUT2D eigenvalue weighted by Crippen LogP contribution is -1.97. The molecule has 0 spiro atoms. The predicted octanol–water partition coefficient (Wildman–Crippen LogP) is 3.84. The zero-order valence-corrected chi connectivity index (χ0v) is 10.0. The van der Waals surface area contributed by atoms with Crippen LogP contribution in [0.5, 0.6) is 0 Å². The molecule has 0 aliphatic rings. The monoisotopic (exact) mass is 253 g/mol. The van der Waals surface area contributed by atoms with E-state index in [4.69, 9.17) is 23.2 Å². The maximum atomic E-state index is 5.77. The second-order valence-corrected chi connectivity index (χ2v) is 4.10. The molecule has 1 N–H and O–H groups in total. The fraction of sp³-hybridized carbons (Fsp3) is 0.0909. The van der Waals surface area contributed by atoms with Gasteiger partial charge in [0.25, 0.3) is 0 Å². The Morgan fingerprint density at radius 3 is 2.12 bits per heavy atom. The number of hydrogen-bond acceptors (Lipinski definition) is 3. The summed E-state index contributed by atoms with van der Waals surface area (Å²) in [6.07, 6.45) is 0. The predicted molar refractivity (Wildman–Crippen MR) is 66.5 cm³/mol. The maximum Gasteiger partial charge on any atom is 0.230 e. The third kappa shape index (κ3) is 2.84. The Balaban J connectivity index is 2.23. The molecule has 0 saturated carbocycles. The highest BCUT2D eigenvalue weighted by Crippen LogP contribution is 2.18. The summed E-state index contributed by atoms with van der Waals surface area (Å²) < 4.78 is 0. The van der Waals surface area contributed by atoms with Crippen molar-refractivity contribution in [2.24, 2.45) is 0 Å². The number of aromatic nitrogens is 2. The van der Waals surface area contributed by atoms with Crippen LogP contribution in [0.2, 0.25) is 10.3 Å². The average molecular weight is 254 g/mol. The van der Waals surface area contributed by atoms with E-state index < -0.39 is 0 Å². The van der Waals surface area contributed by atoms with Crippen LogP contribution < -0.4 is 5.32 Å². The van der Waals surface area contributed by atoms with E-state index in [0.717, 1.165) is 5.69 Å². The summed E-state index contributed by atoms with van der Waals surface area (Å²) in [4.78, 5) is 8.02. The minimum atomic E-state index is 0.314. The van der Waals surface area contributed by atoms with Gasteiger partial charge in [-0.05, 0) is 19.1 Å². The highest BCUT2D eigenvalue weighted by molar-refractivity contribution is 6.33. The first-order valence-electron chi connectivity index (χ1n) is 4.67. The quantitative estimate of drug-likeness (QED) is 0.827. The Morgan fingerprint density at radius 1 is 1.00 bits per heavy atom. The summed E-state index contributed by atoms with van der Waals surface area (Å²) in [5.41, 5.74) is 2.08. The van der Waals surface area contributed by atoms with Gasteiger partial charge in [-0.25, -0.2) is 9.97 Å². The summed E-state index contributed by atoms with van der Waals surface area (Å²) in [7, 11) is 0. The van der Waals surface area contributed by atoms with E-state index >= 15 is 0 Å². The summed E-state index contributed by atoms with van der Waals surface area (Å²) in [6, 6.07) is 9.35. The Bertz CT molecular complexity index is 477. The molecule has 0 radical (unpaired) electrons. The van der Waals surface area contributed by atoms with Crippen molar-refractivity contribution in [3.8, 4) is 0 Å². The van der Waals surface area contributed by atoms with E-state index in [2.05, 4.69) is 15.3 Å². The Hall–Kier alpha value is -1.32. The molecule has 0 amide bonds. The molecule has 2 aromatic rings. The number of nitrogens with zero attached hydrogens (tertiary/aromatic N) is 2. The van der Waals surface area contributed by atoms with Gasteiger partial charge in [-0.1, -0.05) is 40.9 Å². The van der Waals surface area contributed by atoms with Gasteiger partial charge in [-0.15, -0.1) is 0 Å². The normalized spacial score (nSPS) is 10.2. The van der Waals surface area contributed by atoms with E-state index in [-0.39, 0.29) is 0 Å². The minimum absolute atomic E-state index is 0.314. The van der Waals surface area contributed by atoms with Crippen LogP contribution in [0, 0.1) is 6.92 Å². The van der Waals surface area contributed by atoms with E-state index in [1.54, 1.807) is 0 Å². The first-order valence-corrected chi connectivity index (χ1v) is 5.43. The molecular weight excluding hydrogens is 245 g/mol. The number of anilines is 2.